The van der Waals surface area contributed by atoms with Crippen molar-refractivity contribution in [3.63, 3.8) is 0 Å². The molecule has 0 aliphatic rings. The van der Waals surface area contributed by atoms with Crippen LogP contribution in [0.2, 0.25) is 0 Å². The lowest BCUT2D eigenvalue weighted by molar-refractivity contribution is -0.136. The topological polar surface area (TPSA) is 29.1 Å². The molecular formula is C5H7F3NO. The number of hydrogen-bond acceptors (Lipinski definition) is 1. The third-order valence-corrected chi connectivity index (χ3v) is 0.725. The molecule has 0 fully saturated rings. The molecule has 0 saturated heterocycles. The van der Waals surface area contributed by atoms with Gasteiger partial charge in [0, 0.05) is 6.42 Å². The average molecular weight is 154 g/mol. The molecule has 10 heavy (non-hydrogen) atoms. The Morgan fingerprint density at radius 1 is 1.60 bits per heavy atom. The Bertz CT molecular complexity index is 121. The molecule has 0 atom stereocenters. The maximum Gasteiger partial charge on any atom is 0.405 e. The Labute approximate surface area is 56.4 Å². The summed E-state index contributed by atoms with van der Waals surface area (Å²) >= 11 is 0. The molecule has 0 aliphatic carbocycles. The largest absolute Gasteiger partial charge is 0.405 e. The molecule has 0 rings (SSSR count). The normalized spacial score (nSPS) is 11.2. The van der Waals surface area contributed by atoms with Gasteiger partial charge in [0.15, 0.2) is 0 Å². The molecule has 59 valence electrons. The van der Waals surface area contributed by atoms with Crippen LogP contribution in [0.25, 0.3) is 0 Å². The molecule has 0 aromatic heterocycles. The molecule has 0 unspecified atom stereocenters. The molecular weight excluding hydrogens is 147 g/mol. The fourth-order valence-corrected chi connectivity index (χ4v) is 0.289. The van der Waals surface area contributed by atoms with Crippen LogP contribution in [0.4, 0.5) is 13.2 Å². The van der Waals surface area contributed by atoms with Crippen molar-refractivity contribution < 1.29 is 18.0 Å². The minimum atomic E-state index is -4.32. The molecule has 5 heteroatoms. The van der Waals surface area contributed by atoms with E-state index in [0.717, 1.165) is 6.42 Å². The highest BCUT2D eigenvalue weighted by Crippen LogP contribution is 2.11. The Kier molecular flexibility index (Phi) is 3.18. The first-order valence-electron chi connectivity index (χ1n) is 2.59. The third-order valence-electron chi connectivity index (χ3n) is 0.725. The standard InChI is InChI=1S/C5H7F3NO/c1-2-4(10)9-3-5(6,7)8/h2H,3H2,1H3,(H,9,10). The molecule has 0 saturated carbocycles. The third kappa shape index (κ3) is 5.40. The zero-order valence-corrected chi connectivity index (χ0v) is 5.33. The molecule has 1 radical (unpaired) electrons. The van der Waals surface area contributed by atoms with Gasteiger partial charge in [0.2, 0.25) is 5.91 Å². The molecule has 1 amide bonds. The van der Waals surface area contributed by atoms with Crippen molar-refractivity contribution in [2.75, 3.05) is 6.54 Å². The Morgan fingerprint density at radius 3 is 2.40 bits per heavy atom. The quantitative estimate of drug-likeness (QED) is 0.628. The second kappa shape index (κ2) is 3.43. The van der Waals surface area contributed by atoms with E-state index < -0.39 is 18.6 Å². The van der Waals surface area contributed by atoms with Crippen LogP contribution in [-0.2, 0) is 4.79 Å². The zero-order chi connectivity index (χ0) is 8.20. The average Bonchev–Trinajstić information content (AvgIpc) is 1.81. The van der Waals surface area contributed by atoms with E-state index in [0.29, 0.717) is 0 Å². The van der Waals surface area contributed by atoms with E-state index in [9.17, 15) is 18.0 Å². The number of alkyl halides is 3. The first-order chi connectivity index (χ1) is 4.45. The van der Waals surface area contributed by atoms with Crippen LogP contribution >= 0.6 is 0 Å². The molecule has 1 N–H and O–H groups in total. The van der Waals surface area contributed by atoms with E-state index in [1.165, 1.54) is 6.92 Å². The summed E-state index contributed by atoms with van der Waals surface area (Å²) < 4.78 is 34.0. The molecule has 0 aromatic rings. The maximum atomic E-state index is 11.3. The van der Waals surface area contributed by atoms with Crippen molar-refractivity contribution in [3.05, 3.63) is 6.42 Å². The van der Waals surface area contributed by atoms with Gasteiger partial charge in [-0.1, -0.05) is 6.92 Å². The van der Waals surface area contributed by atoms with Crippen LogP contribution in [0.1, 0.15) is 6.92 Å². The van der Waals surface area contributed by atoms with Gasteiger partial charge in [-0.25, -0.2) is 0 Å². The minimum Gasteiger partial charge on any atom is -0.347 e. The van der Waals surface area contributed by atoms with Crippen LogP contribution in [0, 0.1) is 6.42 Å². The SMILES string of the molecule is C[CH]C(=O)NCC(F)(F)F. The number of halogens is 3. The number of hydrogen-bond donors (Lipinski definition) is 1. The molecule has 0 aromatic carbocycles. The molecule has 0 spiro atoms. The number of carbonyl (C=O) groups is 1. The fraction of sp³-hybridized carbons (Fsp3) is 0.600. The van der Waals surface area contributed by atoms with Crippen LogP contribution < -0.4 is 5.32 Å². The van der Waals surface area contributed by atoms with Crippen molar-refractivity contribution in [2.45, 2.75) is 13.1 Å². The van der Waals surface area contributed by atoms with Gasteiger partial charge >= 0.3 is 6.18 Å². The van der Waals surface area contributed by atoms with Crippen molar-refractivity contribution >= 4 is 5.91 Å². The van der Waals surface area contributed by atoms with Crippen LogP contribution in [-0.4, -0.2) is 18.6 Å². The van der Waals surface area contributed by atoms with Gasteiger partial charge in [-0.15, -0.1) is 0 Å². The lowest BCUT2D eigenvalue weighted by atomic mass is 10.4. The predicted molar refractivity (Wildman–Crippen MR) is 29.0 cm³/mol. The van der Waals surface area contributed by atoms with E-state index in [1.807, 2.05) is 0 Å². The van der Waals surface area contributed by atoms with Crippen LogP contribution in [0.3, 0.4) is 0 Å². The Morgan fingerprint density at radius 2 is 2.10 bits per heavy atom. The molecule has 0 bridgehead atoms. The van der Waals surface area contributed by atoms with E-state index >= 15 is 0 Å². The van der Waals surface area contributed by atoms with Gasteiger partial charge in [-0.3, -0.25) is 4.79 Å². The van der Waals surface area contributed by atoms with Gasteiger partial charge in [0.05, 0.1) is 0 Å². The number of nitrogens with one attached hydrogen (secondary N) is 1. The van der Waals surface area contributed by atoms with Gasteiger partial charge < -0.3 is 5.32 Å². The van der Waals surface area contributed by atoms with Crippen LogP contribution in [0.15, 0.2) is 0 Å². The number of rotatable bonds is 2. The van der Waals surface area contributed by atoms with Crippen molar-refractivity contribution in [1.82, 2.24) is 5.32 Å². The number of amides is 1. The molecule has 0 aliphatic heterocycles. The van der Waals surface area contributed by atoms with Crippen molar-refractivity contribution in [3.8, 4) is 0 Å². The smallest absolute Gasteiger partial charge is 0.347 e. The highest BCUT2D eigenvalue weighted by atomic mass is 19.4. The lowest BCUT2D eigenvalue weighted by Gasteiger charge is -2.05. The summed E-state index contributed by atoms with van der Waals surface area (Å²) in [5, 5.41) is 1.65. The van der Waals surface area contributed by atoms with Crippen molar-refractivity contribution in [2.24, 2.45) is 0 Å². The number of carbonyl (C=O) groups excluding carboxylic acids is 1. The van der Waals surface area contributed by atoms with Gasteiger partial charge in [-0.2, -0.15) is 13.2 Å². The summed E-state index contributed by atoms with van der Waals surface area (Å²) in [4.78, 5) is 10.2. The first kappa shape index (κ1) is 9.26. The Balaban J connectivity index is 3.46. The summed E-state index contributed by atoms with van der Waals surface area (Å²) in [5.41, 5.74) is 0. The summed E-state index contributed by atoms with van der Waals surface area (Å²) in [6, 6.07) is 0. The second-order valence-corrected chi connectivity index (χ2v) is 1.62. The van der Waals surface area contributed by atoms with E-state index in [1.54, 1.807) is 5.32 Å². The van der Waals surface area contributed by atoms with E-state index in [-0.39, 0.29) is 0 Å². The summed E-state index contributed by atoms with van der Waals surface area (Å²) in [7, 11) is 0. The van der Waals surface area contributed by atoms with Gasteiger partial charge in [0.25, 0.3) is 0 Å². The lowest BCUT2D eigenvalue weighted by Crippen LogP contribution is -2.33. The first-order valence-corrected chi connectivity index (χ1v) is 2.59. The van der Waals surface area contributed by atoms with Crippen LogP contribution in [0.5, 0.6) is 0 Å². The minimum absolute atomic E-state index is 0.711. The Hall–Kier alpha value is -0.740. The molecule has 0 heterocycles. The van der Waals surface area contributed by atoms with E-state index in [2.05, 4.69) is 0 Å². The highest BCUT2D eigenvalue weighted by Gasteiger charge is 2.27. The van der Waals surface area contributed by atoms with Gasteiger partial charge in [0.1, 0.15) is 6.54 Å². The zero-order valence-electron chi connectivity index (χ0n) is 5.33. The monoisotopic (exact) mass is 154 g/mol. The summed E-state index contributed by atoms with van der Waals surface area (Å²) in [6.07, 6.45) is -3.29. The molecule has 2 nitrogen and oxygen atoms in total. The summed E-state index contributed by atoms with van der Waals surface area (Å²) in [6.45, 7) is 0.0991. The van der Waals surface area contributed by atoms with Crippen molar-refractivity contribution in [1.29, 1.82) is 0 Å². The van der Waals surface area contributed by atoms with Gasteiger partial charge in [-0.05, 0) is 0 Å². The second-order valence-electron chi connectivity index (χ2n) is 1.62. The fourth-order valence-electron chi connectivity index (χ4n) is 0.289. The maximum absolute atomic E-state index is 11.3. The predicted octanol–water partition coefficient (Wildman–Crippen LogP) is 0.889. The summed E-state index contributed by atoms with van der Waals surface area (Å²) in [5.74, 6) is -0.711. The van der Waals surface area contributed by atoms with E-state index in [4.69, 9.17) is 0 Å². The highest BCUT2D eigenvalue weighted by molar-refractivity contribution is 5.83.